The monoisotopic (exact) mass is 237 g/mol. The highest BCUT2D eigenvalue weighted by Crippen LogP contribution is 2.07. The van der Waals surface area contributed by atoms with Crippen molar-refractivity contribution in [1.29, 1.82) is 0 Å². The molecule has 0 spiro atoms. The molecule has 4 heteroatoms. The maximum absolute atomic E-state index is 11.5. The molecule has 1 aromatic carbocycles. The summed E-state index contributed by atoms with van der Waals surface area (Å²) in [4.78, 5) is 11.5. The number of aliphatic hydroxyl groups excluding tert-OH is 1. The summed E-state index contributed by atoms with van der Waals surface area (Å²) < 4.78 is 5.32. The molecule has 0 aliphatic carbocycles. The molecule has 1 amide bonds. The molecule has 0 fully saturated rings. The van der Waals surface area contributed by atoms with Gasteiger partial charge in [0.25, 0.3) is 5.91 Å². The predicted octanol–water partition coefficient (Wildman–Crippen LogP) is 1.34. The summed E-state index contributed by atoms with van der Waals surface area (Å²) in [6.07, 6.45) is 1.38. The number of ether oxygens (including phenoxy) is 1. The number of hydrogen-bond acceptors (Lipinski definition) is 3. The van der Waals surface area contributed by atoms with Crippen molar-refractivity contribution in [3.63, 3.8) is 0 Å². The minimum Gasteiger partial charge on any atom is -0.484 e. The van der Waals surface area contributed by atoms with E-state index >= 15 is 0 Å². The number of rotatable bonds is 7. The molecular formula is C13H19NO3. The Hall–Kier alpha value is -1.55. The average Bonchev–Trinajstić information content (AvgIpc) is 2.37. The van der Waals surface area contributed by atoms with E-state index in [4.69, 9.17) is 9.84 Å². The molecule has 0 heterocycles. The van der Waals surface area contributed by atoms with Crippen molar-refractivity contribution in [2.45, 2.75) is 25.8 Å². The van der Waals surface area contributed by atoms with Gasteiger partial charge >= 0.3 is 0 Å². The molecule has 0 bridgehead atoms. The van der Waals surface area contributed by atoms with Crippen LogP contribution in [-0.2, 0) is 4.79 Å². The Morgan fingerprint density at radius 2 is 2.12 bits per heavy atom. The molecule has 94 valence electrons. The van der Waals surface area contributed by atoms with Gasteiger partial charge in [-0.05, 0) is 25.0 Å². The first kappa shape index (κ1) is 13.5. The molecule has 1 atom stereocenters. The summed E-state index contributed by atoms with van der Waals surface area (Å²) in [6, 6.07) is 9.23. The average molecular weight is 237 g/mol. The lowest BCUT2D eigenvalue weighted by Crippen LogP contribution is -2.38. The molecular weight excluding hydrogens is 218 g/mol. The van der Waals surface area contributed by atoms with Crippen molar-refractivity contribution in [2.75, 3.05) is 13.2 Å². The SMILES string of the molecule is CCC(CCO)NC(=O)COc1ccccc1. The third-order valence-corrected chi connectivity index (χ3v) is 2.45. The fraction of sp³-hybridized carbons (Fsp3) is 0.462. The predicted molar refractivity (Wildman–Crippen MR) is 65.9 cm³/mol. The van der Waals surface area contributed by atoms with Crippen LogP contribution in [0.1, 0.15) is 19.8 Å². The van der Waals surface area contributed by atoms with E-state index in [1.807, 2.05) is 25.1 Å². The van der Waals surface area contributed by atoms with Crippen molar-refractivity contribution in [3.05, 3.63) is 30.3 Å². The Morgan fingerprint density at radius 3 is 2.71 bits per heavy atom. The van der Waals surface area contributed by atoms with Gasteiger partial charge in [0, 0.05) is 12.6 Å². The lowest BCUT2D eigenvalue weighted by atomic mass is 10.1. The van der Waals surface area contributed by atoms with E-state index in [1.54, 1.807) is 12.1 Å². The smallest absolute Gasteiger partial charge is 0.258 e. The zero-order valence-corrected chi connectivity index (χ0v) is 10.1. The largest absolute Gasteiger partial charge is 0.484 e. The van der Waals surface area contributed by atoms with E-state index < -0.39 is 0 Å². The van der Waals surface area contributed by atoms with E-state index in [0.29, 0.717) is 12.2 Å². The highest BCUT2D eigenvalue weighted by molar-refractivity contribution is 5.77. The van der Waals surface area contributed by atoms with Crippen molar-refractivity contribution in [2.24, 2.45) is 0 Å². The van der Waals surface area contributed by atoms with Crippen LogP contribution in [0.4, 0.5) is 0 Å². The van der Waals surface area contributed by atoms with Crippen molar-refractivity contribution in [3.8, 4) is 5.75 Å². The quantitative estimate of drug-likeness (QED) is 0.752. The summed E-state index contributed by atoms with van der Waals surface area (Å²) in [6.45, 7) is 2.06. The summed E-state index contributed by atoms with van der Waals surface area (Å²) >= 11 is 0. The second-order valence-corrected chi connectivity index (χ2v) is 3.79. The van der Waals surface area contributed by atoms with Crippen molar-refractivity contribution in [1.82, 2.24) is 5.32 Å². The van der Waals surface area contributed by atoms with Crippen LogP contribution >= 0.6 is 0 Å². The molecule has 0 radical (unpaired) electrons. The highest BCUT2D eigenvalue weighted by Gasteiger charge is 2.09. The maximum atomic E-state index is 11.5. The van der Waals surface area contributed by atoms with Crippen LogP contribution in [0.5, 0.6) is 5.75 Å². The standard InChI is InChI=1S/C13H19NO3/c1-2-11(8-9-15)14-13(16)10-17-12-6-4-3-5-7-12/h3-7,11,15H,2,8-10H2,1H3,(H,14,16). The van der Waals surface area contributed by atoms with E-state index in [1.165, 1.54) is 0 Å². The van der Waals surface area contributed by atoms with Gasteiger partial charge in [0.15, 0.2) is 6.61 Å². The normalized spacial score (nSPS) is 11.9. The zero-order valence-electron chi connectivity index (χ0n) is 10.1. The van der Waals surface area contributed by atoms with E-state index in [-0.39, 0.29) is 25.2 Å². The topological polar surface area (TPSA) is 58.6 Å². The molecule has 2 N–H and O–H groups in total. The number of carbonyl (C=O) groups excluding carboxylic acids is 1. The Balaban J connectivity index is 2.30. The van der Waals surface area contributed by atoms with Crippen LogP contribution in [0.25, 0.3) is 0 Å². The van der Waals surface area contributed by atoms with Gasteiger partial charge in [0.05, 0.1) is 0 Å². The first-order chi connectivity index (χ1) is 8.26. The van der Waals surface area contributed by atoms with Gasteiger partial charge in [-0.1, -0.05) is 25.1 Å². The molecule has 0 aromatic heterocycles. The number of amides is 1. The summed E-state index contributed by atoms with van der Waals surface area (Å²) in [5.41, 5.74) is 0. The van der Waals surface area contributed by atoms with Gasteiger partial charge in [-0.2, -0.15) is 0 Å². The van der Waals surface area contributed by atoms with Crippen LogP contribution in [-0.4, -0.2) is 30.3 Å². The van der Waals surface area contributed by atoms with Crippen LogP contribution in [0.15, 0.2) is 30.3 Å². The molecule has 0 aliphatic rings. The van der Waals surface area contributed by atoms with Crippen LogP contribution in [0, 0.1) is 0 Å². The Kier molecular flexibility index (Phi) is 6.10. The van der Waals surface area contributed by atoms with E-state index in [0.717, 1.165) is 6.42 Å². The third-order valence-electron chi connectivity index (χ3n) is 2.45. The summed E-state index contributed by atoms with van der Waals surface area (Å²) in [7, 11) is 0. The molecule has 1 unspecified atom stereocenters. The van der Waals surface area contributed by atoms with Gasteiger partial charge < -0.3 is 15.2 Å². The number of benzene rings is 1. The van der Waals surface area contributed by atoms with Gasteiger partial charge in [-0.15, -0.1) is 0 Å². The zero-order chi connectivity index (χ0) is 12.5. The van der Waals surface area contributed by atoms with Crippen LogP contribution < -0.4 is 10.1 Å². The summed E-state index contributed by atoms with van der Waals surface area (Å²) in [5.74, 6) is 0.520. The van der Waals surface area contributed by atoms with Crippen molar-refractivity contribution < 1.29 is 14.6 Å². The second-order valence-electron chi connectivity index (χ2n) is 3.79. The van der Waals surface area contributed by atoms with Crippen molar-refractivity contribution >= 4 is 5.91 Å². The number of para-hydroxylation sites is 1. The van der Waals surface area contributed by atoms with E-state index in [2.05, 4.69) is 5.32 Å². The van der Waals surface area contributed by atoms with Crippen LogP contribution in [0.2, 0.25) is 0 Å². The lowest BCUT2D eigenvalue weighted by molar-refractivity contribution is -0.123. The van der Waals surface area contributed by atoms with Gasteiger partial charge in [0.1, 0.15) is 5.75 Å². The number of hydrogen-bond donors (Lipinski definition) is 2. The van der Waals surface area contributed by atoms with E-state index in [9.17, 15) is 4.79 Å². The molecule has 4 nitrogen and oxygen atoms in total. The molecule has 1 aromatic rings. The third kappa shape index (κ3) is 5.36. The molecule has 1 rings (SSSR count). The first-order valence-electron chi connectivity index (χ1n) is 5.84. The Labute approximate surface area is 102 Å². The fourth-order valence-corrected chi connectivity index (χ4v) is 1.47. The number of carbonyl (C=O) groups is 1. The molecule has 0 aliphatic heterocycles. The minimum absolute atomic E-state index is 0.00589. The number of aliphatic hydroxyl groups is 1. The highest BCUT2D eigenvalue weighted by atomic mass is 16.5. The Morgan fingerprint density at radius 1 is 1.41 bits per heavy atom. The minimum atomic E-state index is -0.158. The Bertz CT molecular complexity index is 327. The van der Waals surface area contributed by atoms with Gasteiger partial charge in [-0.3, -0.25) is 4.79 Å². The molecule has 0 saturated heterocycles. The molecule has 0 saturated carbocycles. The lowest BCUT2D eigenvalue weighted by Gasteiger charge is -2.15. The number of nitrogens with one attached hydrogen (secondary N) is 1. The fourth-order valence-electron chi connectivity index (χ4n) is 1.47. The first-order valence-corrected chi connectivity index (χ1v) is 5.84. The summed E-state index contributed by atoms with van der Waals surface area (Å²) in [5, 5.41) is 11.6. The maximum Gasteiger partial charge on any atom is 0.258 e. The van der Waals surface area contributed by atoms with Gasteiger partial charge in [-0.25, -0.2) is 0 Å². The van der Waals surface area contributed by atoms with Crippen LogP contribution in [0.3, 0.4) is 0 Å². The second kappa shape index (κ2) is 7.68. The molecule has 17 heavy (non-hydrogen) atoms. The van der Waals surface area contributed by atoms with Gasteiger partial charge in [0.2, 0.25) is 0 Å².